The molecule has 4 aromatic rings. The molecule has 2 aromatic carbocycles. The summed E-state index contributed by atoms with van der Waals surface area (Å²) in [6, 6.07) is 10.7. The third-order valence-corrected chi connectivity index (χ3v) is 6.53. The molecule has 0 spiro atoms. The zero-order valence-electron chi connectivity index (χ0n) is 23.0. The fraction of sp³-hybridized carbons (Fsp3) is 0.233. The van der Waals surface area contributed by atoms with E-state index in [0.29, 0.717) is 22.5 Å². The Bertz CT molecular complexity index is 1630. The van der Waals surface area contributed by atoms with Gasteiger partial charge in [-0.15, -0.1) is 0 Å². The van der Waals surface area contributed by atoms with E-state index in [1.54, 1.807) is 12.1 Å². The Kier molecular flexibility index (Phi) is 9.04. The first-order chi connectivity index (χ1) is 20.0. The number of carbonyl (C=O) groups is 3. The number of nitrogens with one attached hydrogen (secondary N) is 2. The number of halogens is 3. The molecule has 218 valence electrons. The standard InChI is InChI=1S/C30H28F3N5O4/c1-16(2)26-14-25(30(41)42)37-38(26)15-27(39)36-24(11-17-9-19(31)13-20(32)10-17)28-21(5-4-8-35-28)18-6-7-23(33)22(12-18)29(40)34-3/h4-10,12-14,16,24H,11,15H2,1-3H3,(H,34,40)(H,36,39)(H,41,42)/t24-/m0/s1. The van der Waals surface area contributed by atoms with Gasteiger partial charge in [0.25, 0.3) is 5.91 Å². The molecular weight excluding hydrogens is 551 g/mol. The van der Waals surface area contributed by atoms with Crippen molar-refractivity contribution in [3.8, 4) is 11.1 Å². The molecule has 2 aromatic heterocycles. The number of pyridine rings is 1. The van der Waals surface area contributed by atoms with Gasteiger partial charge < -0.3 is 15.7 Å². The molecule has 0 unspecified atom stereocenters. The third-order valence-electron chi connectivity index (χ3n) is 6.53. The Morgan fingerprint density at radius 1 is 1.00 bits per heavy atom. The van der Waals surface area contributed by atoms with Crippen molar-refractivity contribution in [1.82, 2.24) is 25.4 Å². The molecule has 2 heterocycles. The number of carboxylic acids is 1. The second-order valence-electron chi connectivity index (χ2n) is 9.88. The number of rotatable bonds is 10. The predicted octanol–water partition coefficient (Wildman–Crippen LogP) is 4.64. The first kappa shape index (κ1) is 30.0. The Hall–Kier alpha value is -5.00. The van der Waals surface area contributed by atoms with Gasteiger partial charge in [0.05, 0.1) is 17.3 Å². The van der Waals surface area contributed by atoms with Crippen molar-refractivity contribution in [2.75, 3.05) is 7.05 Å². The predicted molar refractivity (Wildman–Crippen MR) is 147 cm³/mol. The molecule has 4 rings (SSSR count). The van der Waals surface area contributed by atoms with Crippen LogP contribution in [0.3, 0.4) is 0 Å². The van der Waals surface area contributed by atoms with Crippen LogP contribution in [-0.4, -0.2) is 44.7 Å². The van der Waals surface area contributed by atoms with Gasteiger partial charge in [0.1, 0.15) is 24.0 Å². The number of benzene rings is 2. The summed E-state index contributed by atoms with van der Waals surface area (Å²) >= 11 is 0. The zero-order chi connectivity index (χ0) is 30.6. The third kappa shape index (κ3) is 6.82. The van der Waals surface area contributed by atoms with Gasteiger partial charge in [-0.1, -0.05) is 26.0 Å². The topological polar surface area (TPSA) is 126 Å². The zero-order valence-corrected chi connectivity index (χ0v) is 23.0. The van der Waals surface area contributed by atoms with Gasteiger partial charge in [0.15, 0.2) is 5.69 Å². The number of aromatic nitrogens is 3. The first-order valence-electron chi connectivity index (χ1n) is 13.0. The van der Waals surface area contributed by atoms with Crippen molar-refractivity contribution in [1.29, 1.82) is 0 Å². The molecular formula is C30H28F3N5O4. The van der Waals surface area contributed by atoms with E-state index in [4.69, 9.17) is 0 Å². The van der Waals surface area contributed by atoms with E-state index in [2.05, 4.69) is 20.7 Å². The van der Waals surface area contributed by atoms with Gasteiger partial charge in [0.2, 0.25) is 5.91 Å². The molecule has 0 fully saturated rings. The maximum absolute atomic E-state index is 14.4. The minimum Gasteiger partial charge on any atom is -0.476 e. The van der Waals surface area contributed by atoms with Crippen LogP contribution < -0.4 is 10.6 Å². The molecule has 0 aliphatic carbocycles. The molecule has 0 saturated carbocycles. The molecule has 2 amide bonds. The summed E-state index contributed by atoms with van der Waals surface area (Å²) in [4.78, 5) is 41.5. The highest BCUT2D eigenvalue weighted by molar-refractivity contribution is 5.95. The first-order valence-corrected chi connectivity index (χ1v) is 13.0. The van der Waals surface area contributed by atoms with Gasteiger partial charge in [-0.05, 0) is 59.9 Å². The summed E-state index contributed by atoms with van der Waals surface area (Å²) in [6.07, 6.45) is 1.39. The van der Waals surface area contributed by atoms with Crippen molar-refractivity contribution < 1.29 is 32.7 Å². The van der Waals surface area contributed by atoms with E-state index in [9.17, 15) is 32.7 Å². The molecule has 0 aliphatic heterocycles. The second kappa shape index (κ2) is 12.7. The number of hydrogen-bond acceptors (Lipinski definition) is 5. The van der Waals surface area contributed by atoms with Crippen molar-refractivity contribution in [2.24, 2.45) is 0 Å². The maximum Gasteiger partial charge on any atom is 0.356 e. The highest BCUT2D eigenvalue weighted by Gasteiger charge is 2.24. The number of carboxylic acid groups (broad SMARTS) is 1. The normalized spacial score (nSPS) is 11.8. The lowest BCUT2D eigenvalue weighted by atomic mass is 9.94. The average Bonchev–Trinajstić information content (AvgIpc) is 3.36. The van der Waals surface area contributed by atoms with Gasteiger partial charge >= 0.3 is 5.97 Å². The lowest BCUT2D eigenvalue weighted by Crippen LogP contribution is -2.34. The lowest BCUT2D eigenvalue weighted by Gasteiger charge is -2.22. The molecule has 0 saturated heterocycles. The highest BCUT2D eigenvalue weighted by atomic mass is 19.1. The van der Waals surface area contributed by atoms with Crippen molar-refractivity contribution >= 4 is 17.8 Å². The van der Waals surface area contributed by atoms with Crippen LogP contribution >= 0.6 is 0 Å². The fourth-order valence-electron chi connectivity index (χ4n) is 4.62. The van der Waals surface area contributed by atoms with Gasteiger partial charge in [-0.3, -0.25) is 19.3 Å². The van der Waals surface area contributed by atoms with E-state index in [1.165, 1.54) is 36.1 Å². The number of nitrogens with zero attached hydrogens (tertiary/aromatic N) is 3. The molecule has 9 nitrogen and oxygen atoms in total. The number of amides is 2. The summed E-state index contributed by atoms with van der Waals surface area (Å²) in [7, 11) is 1.37. The molecule has 0 aliphatic rings. The molecule has 0 bridgehead atoms. The number of aromatic carboxylic acids is 1. The number of hydrogen-bond donors (Lipinski definition) is 3. The SMILES string of the molecule is CNC(=O)c1cc(-c2cccnc2[C@H](Cc2cc(F)cc(F)c2)NC(=O)Cn2nc(C(=O)O)cc2C(C)C)ccc1F. The van der Waals surface area contributed by atoms with Crippen molar-refractivity contribution in [3.63, 3.8) is 0 Å². The fourth-order valence-corrected chi connectivity index (χ4v) is 4.62. The Morgan fingerprint density at radius 2 is 1.71 bits per heavy atom. The molecule has 1 atom stereocenters. The second-order valence-corrected chi connectivity index (χ2v) is 9.88. The van der Waals surface area contributed by atoms with E-state index in [0.717, 1.165) is 24.3 Å². The molecule has 3 N–H and O–H groups in total. The minimum atomic E-state index is -1.24. The minimum absolute atomic E-state index is 0.0789. The highest BCUT2D eigenvalue weighted by Crippen LogP contribution is 2.30. The van der Waals surface area contributed by atoms with Crippen LogP contribution in [0.1, 0.15) is 63.6 Å². The summed E-state index contributed by atoms with van der Waals surface area (Å²) in [6.45, 7) is 3.32. The smallest absolute Gasteiger partial charge is 0.356 e. The summed E-state index contributed by atoms with van der Waals surface area (Å²) in [5.74, 6) is -4.92. The molecule has 42 heavy (non-hydrogen) atoms. The van der Waals surface area contributed by atoms with Crippen LogP contribution in [0.4, 0.5) is 13.2 Å². The molecule has 0 radical (unpaired) electrons. The van der Waals surface area contributed by atoms with E-state index < -0.39 is 41.3 Å². The van der Waals surface area contributed by atoms with Crippen molar-refractivity contribution in [3.05, 3.63) is 106 Å². The van der Waals surface area contributed by atoms with Crippen LogP contribution in [0.15, 0.2) is 60.8 Å². The lowest BCUT2D eigenvalue weighted by molar-refractivity contribution is -0.122. The summed E-state index contributed by atoms with van der Waals surface area (Å²) in [5, 5.41) is 18.6. The van der Waals surface area contributed by atoms with Crippen molar-refractivity contribution in [2.45, 2.75) is 38.8 Å². The monoisotopic (exact) mass is 579 g/mol. The van der Waals surface area contributed by atoms with Crippen LogP contribution in [-0.2, 0) is 17.8 Å². The Morgan fingerprint density at radius 3 is 2.36 bits per heavy atom. The summed E-state index contributed by atoms with van der Waals surface area (Å²) < 4.78 is 43.9. The summed E-state index contributed by atoms with van der Waals surface area (Å²) in [5.41, 5.74) is 1.50. The van der Waals surface area contributed by atoms with Gasteiger partial charge in [-0.25, -0.2) is 18.0 Å². The van der Waals surface area contributed by atoms with Gasteiger partial charge in [-0.2, -0.15) is 5.10 Å². The Labute approximate surface area is 239 Å². The van der Waals surface area contributed by atoms with E-state index >= 15 is 0 Å². The van der Waals surface area contributed by atoms with Crippen LogP contribution in [0.5, 0.6) is 0 Å². The van der Waals surface area contributed by atoms with Crippen LogP contribution in [0, 0.1) is 17.5 Å². The maximum atomic E-state index is 14.4. The molecule has 12 heteroatoms. The Balaban J connectivity index is 1.75. The van der Waals surface area contributed by atoms with Gasteiger partial charge in [0, 0.05) is 30.6 Å². The van der Waals surface area contributed by atoms with E-state index in [-0.39, 0.29) is 35.7 Å². The number of carbonyl (C=O) groups excluding carboxylic acids is 2. The largest absolute Gasteiger partial charge is 0.476 e. The quantitative estimate of drug-likeness (QED) is 0.251. The van der Waals surface area contributed by atoms with E-state index in [1.807, 2.05) is 13.8 Å². The van der Waals surface area contributed by atoms with Crippen LogP contribution in [0.2, 0.25) is 0 Å². The average molecular weight is 580 g/mol. The van der Waals surface area contributed by atoms with Crippen LogP contribution in [0.25, 0.3) is 11.1 Å².